The quantitative estimate of drug-likeness (QED) is 0.214. The van der Waals surface area contributed by atoms with Gasteiger partial charge in [-0.25, -0.2) is 4.79 Å². The molecule has 1 aliphatic rings. The number of aromatic nitrogens is 2. The van der Waals surface area contributed by atoms with E-state index < -0.39 is 35.3 Å². The number of nitrogens with one attached hydrogen (secondary N) is 1. The molecule has 1 N–H and O–H groups in total. The Hall–Kier alpha value is -4.67. The van der Waals surface area contributed by atoms with Crippen LogP contribution in [0.1, 0.15) is 34.9 Å². The van der Waals surface area contributed by atoms with Gasteiger partial charge in [0, 0.05) is 18.2 Å². The molecule has 218 valence electrons. The molecule has 0 amide bonds. The smallest absolute Gasteiger partial charge is 0.330 e. The van der Waals surface area contributed by atoms with Gasteiger partial charge in [-0.1, -0.05) is 54.6 Å². The first-order valence-corrected chi connectivity index (χ1v) is 13.4. The molecule has 10 heteroatoms. The van der Waals surface area contributed by atoms with Gasteiger partial charge in [0.15, 0.2) is 0 Å². The van der Waals surface area contributed by atoms with Crippen LogP contribution in [0.4, 0.5) is 0 Å². The third kappa shape index (κ3) is 5.59. The van der Waals surface area contributed by atoms with E-state index in [-0.39, 0.29) is 13.0 Å². The summed E-state index contributed by atoms with van der Waals surface area (Å²) in [4.78, 5) is 38.3. The Bertz CT molecular complexity index is 1570. The highest BCUT2D eigenvalue weighted by Gasteiger charge is 2.46. The van der Waals surface area contributed by atoms with Crippen molar-refractivity contribution >= 4 is 6.47 Å². The third-order valence-corrected chi connectivity index (χ3v) is 7.47. The summed E-state index contributed by atoms with van der Waals surface area (Å²) < 4.78 is 30.7. The van der Waals surface area contributed by atoms with Crippen molar-refractivity contribution in [1.29, 1.82) is 0 Å². The summed E-state index contributed by atoms with van der Waals surface area (Å²) in [6.07, 6.45) is -0.460. The van der Waals surface area contributed by atoms with E-state index in [0.29, 0.717) is 23.5 Å². The molecule has 42 heavy (non-hydrogen) atoms. The highest BCUT2D eigenvalue weighted by molar-refractivity contribution is 5.50. The summed E-state index contributed by atoms with van der Waals surface area (Å²) in [7, 11) is 3.21. The van der Waals surface area contributed by atoms with Crippen molar-refractivity contribution in [2.75, 3.05) is 20.8 Å². The predicted molar refractivity (Wildman–Crippen MR) is 154 cm³/mol. The highest BCUT2D eigenvalue weighted by Crippen LogP contribution is 2.45. The van der Waals surface area contributed by atoms with E-state index in [1.165, 1.54) is 10.8 Å². The molecule has 1 fully saturated rings. The predicted octanol–water partition coefficient (Wildman–Crippen LogP) is 3.70. The summed E-state index contributed by atoms with van der Waals surface area (Å²) in [6.45, 7) is 1.86. The Morgan fingerprint density at radius 2 is 1.48 bits per heavy atom. The zero-order valence-electron chi connectivity index (χ0n) is 23.5. The zero-order chi connectivity index (χ0) is 29.7. The molecule has 4 aromatic rings. The van der Waals surface area contributed by atoms with Gasteiger partial charge < -0.3 is 23.7 Å². The Morgan fingerprint density at radius 1 is 0.905 bits per heavy atom. The van der Waals surface area contributed by atoms with Crippen LogP contribution < -0.4 is 20.7 Å². The minimum absolute atomic E-state index is 0.0994. The average molecular weight is 573 g/mol. The minimum atomic E-state index is -1.16. The lowest BCUT2D eigenvalue weighted by molar-refractivity contribution is -0.140. The molecule has 0 radical (unpaired) electrons. The lowest BCUT2D eigenvalue weighted by Crippen LogP contribution is -2.41. The van der Waals surface area contributed by atoms with Gasteiger partial charge in [-0.2, -0.15) is 0 Å². The van der Waals surface area contributed by atoms with Crippen LogP contribution in [0.3, 0.4) is 0 Å². The van der Waals surface area contributed by atoms with Gasteiger partial charge in [-0.05, 0) is 47.9 Å². The number of carbonyl (C=O) groups is 1. The minimum Gasteiger partial charge on any atom is -0.497 e. The summed E-state index contributed by atoms with van der Waals surface area (Å²) in [5.41, 5.74) is 0.601. The number of nitrogens with zero attached hydrogens (tertiary/aromatic N) is 1. The number of H-pyrrole nitrogens is 1. The zero-order valence-corrected chi connectivity index (χ0v) is 23.5. The molecule has 0 spiro atoms. The van der Waals surface area contributed by atoms with E-state index in [9.17, 15) is 14.4 Å². The van der Waals surface area contributed by atoms with Crippen molar-refractivity contribution in [3.8, 4) is 11.5 Å². The van der Waals surface area contributed by atoms with Gasteiger partial charge in [0.05, 0.1) is 20.3 Å². The molecule has 0 aliphatic carbocycles. The number of aryl methyl sites for hydroxylation is 1. The second kappa shape index (κ2) is 12.5. The monoisotopic (exact) mass is 572 g/mol. The number of methoxy groups -OCH3 is 2. The van der Waals surface area contributed by atoms with E-state index in [2.05, 4.69) is 4.98 Å². The van der Waals surface area contributed by atoms with E-state index in [0.717, 1.165) is 16.7 Å². The van der Waals surface area contributed by atoms with Crippen LogP contribution >= 0.6 is 0 Å². The summed E-state index contributed by atoms with van der Waals surface area (Å²) >= 11 is 0. The van der Waals surface area contributed by atoms with Gasteiger partial charge >= 0.3 is 5.69 Å². The Balaban J connectivity index is 1.66. The molecule has 1 aliphatic heterocycles. The summed E-state index contributed by atoms with van der Waals surface area (Å²) in [5, 5.41) is 0. The fourth-order valence-electron chi connectivity index (χ4n) is 5.33. The number of benzene rings is 3. The number of carbonyl (C=O) groups excluding carboxylic acids is 1. The Labute approximate surface area is 242 Å². The lowest BCUT2D eigenvalue weighted by Gasteiger charge is -2.39. The first-order valence-electron chi connectivity index (χ1n) is 13.4. The largest absolute Gasteiger partial charge is 0.497 e. The van der Waals surface area contributed by atoms with Gasteiger partial charge in [0.2, 0.25) is 0 Å². The Morgan fingerprint density at radius 3 is 2.02 bits per heavy atom. The molecule has 0 bridgehead atoms. The van der Waals surface area contributed by atoms with Crippen molar-refractivity contribution in [2.45, 2.75) is 37.4 Å². The number of rotatable bonds is 11. The number of hydrogen-bond acceptors (Lipinski definition) is 8. The molecule has 1 saturated heterocycles. The summed E-state index contributed by atoms with van der Waals surface area (Å²) in [6, 6.07) is 25.0. The van der Waals surface area contributed by atoms with Gasteiger partial charge in [-0.15, -0.1) is 0 Å². The topological polar surface area (TPSA) is 118 Å². The SMILES string of the molecule is COc1ccc(C(OC2C[C@H](n3cc(C)c(=O)[nH]c3=O)O[C@@H]2COC=O)(c2ccccc2)c2ccc(OC)cc2)cc1. The standard InChI is InChI=1S/C32H32N2O8/c1-21-18-34(31(37)33-30(21)36)29-17-27(28(41-29)19-40-20-35)42-32(22-7-5-4-6-8-22,23-9-13-25(38-2)14-10-23)24-11-15-26(39-3)16-12-24/h4-16,18,20,27-29H,17,19H2,1-3H3,(H,33,36,37)/t27?,28-,29-/m1/s1. The van der Waals surface area contributed by atoms with Crippen molar-refractivity contribution < 1.29 is 28.5 Å². The van der Waals surface area contributed by atoms with Crippen molar-refractivity contribution in [2.24, 2.45) is 0 Å². The third-order valence-electron chi connectivity index (χ3n) is 7.47. The lowest BCUT2D eigenvalue weighted by atomic mass is 9.79. The maximum atomic E-state index is 12.8. The van der Waals surface area contributed by atoms with Crippen molar-refractivity contribution in [3.63, 3.8) is 0 Å². The van der Waals surface area contributed by atoms with Crippen LogP contribution in [0, 0.1) is 6.92 Å². The fraction of sp³-hybridized carbons (Fsp3) is 0.281. The molecule has 3 aromatic carbocycles. The van der Waals surface area contributed by atoms with Gasteiger partial charge in [0.25, 0.3) is 12.0 Å². The van der Waals surface area contributed by atoms with Gasteiger partial charge in [-0.3, -0.25) is 19.1 Å². The first kappa shape index (κ1) is 28.8. The highest BCUT2D eigenvalue weighted by atomic mass is 16.6. The van der Waals surface area contributed by atoms with Gasteiger partial charge in [0.1, 0.15) is 36.0 Å². The second-order valence-corrected chi connectivity index (χ2v) is 9.93. The maximum Gasteiger partial charge on any atom is 0.330 e. The van der Waals surface area contributed by atoms with E-state index in [1.54, 1.807) is 21.1 Å². The van der Waals surface area contributed by atoms with E-state index in [1.807, 2.05) is 78.9 Å². The van der Waals surface area contributed by atoms with Crippen molar-refractivity contribution in [1.82, 2.24) is 9.55 Å². The molecular formula is C32H32N2O8. The molecule has 0 saturated carbocycles. The normalized spacial score (nSPS) is 18.4. The molecule has 1 aromatic heterocycles. The molecule has 10 nitrogen and oxygen atoms in total. The second-order valence-electron chi connectivity index (χ2n) is 9.93. The molecular weight excluding hydrogens is 540 g/mol. The molecule has 5 rings (SSSR count). The number of aromatic amines is 1. The van der Waals surface area contributed by atoms with Crippen molar-refractivity contribution in [3.05, 3.63) is 128 Å². The van der Waals surface area contributed by atoms with Crippen LogP contribution in [0.25, 0.3) is 0 Å². The molecule has 1 unspecified atom stereocenters. The number of ether oxygens (including phenoxy) is 5. The average Bonchev–Trinajstić information content (AvgIpc) is 3.43. The van der Waals surface area contributed by atoms with Crippen LogP contribution in [0.2, 0.25) is 0 Å². The van der Waals surface area contributed by atoms with Crippen LogP contribution in [0.15, 0.2) is 94.6 Å². The van der Waals surface area contributed by atoms with Crippen LogP contribution in [-0.4, -0.2) is 49.1 Å². The van der Waals surface area contributed by atoms with E-state index in [4.69, 9.17) is 23.7 Å². The molecule has 2 heterocycles. The summed E-state index contributed by atoms with van der Waals surface area (Å²) in [5.74, 6) is 1.37. The molecule has 3 atom stereocenters. The fourth-order valence-corrected chi connectivity index (χ4v) is 5.33. The first-order chi connectivity index (χ1) is 20.4. The Kier molecular flexibility index (Phi) is 8.56. The number of hydrogen-bond donors (Lipinski definition) is 1. The maximum absolute atomic E-state index is 12.8. The van der Waals surface area contributed by atoms with Crippen LogP contribution in [0.5, 0.6) is 11.5 Å². The van der Waals surface area contributed by atoms with E-state index >= 15 is 0 Å². The van der Waals surface area contributed by atoms with Crippen LogP contribution in [-0.2, 0) is 24.6 Å².